The van der Waals surface area contributed by atoms with Crippen molar-refractivity contribution >= 4 is 40.2 Å². The van der Waals surface area contributed by atoms with Gasteiger partial charge >= 0.3 is 0 Å². The van der Waals surface area contributed by atoms with Crippen molar-refractivity contribution in [1.82, 2.24) is 15.0 Å². The van der Waals surface area contributed by atoms with E-state index >= 15 is 0 Å². The number of hydrogen-bond acceptors (Lipinski definition) is 7. The molecule has 4 rings (SSSR count). The Bertz CT molecular complexity index is 884. The molecule has 1 amide bonds. The van der Waals surface area contributed by atoms with Gasteiger partial charge in [0.2, 0.25) is 0 Å². The van der Waals surface area contributed by atoms with Gasteiger partial charge in [-0.15, -0.1) is 22.7 Å². The van der Waals surface area contributed by atoms with Crippen molar-refractivity contribution in [2.45, 2.75) is 19.8 Å². The molecule has 6 nitrogen and oxygen atoms in total. The van der Waals surface area contributed by atoms with Crippen molar-refractivity contribution in [2.24, 2.45) is 0 Å². The minimum Gasteiger partial charge on any atom is -0.356 e. The average molecular weight is 371 g/mol. The number of thiophene rings is 1. The van der Waals surface area contributed by atoms with Gasteiger partial charge < -0.3 is 10.2 Å². The Kier molecular flexibility index (Phi) is 4.46. The largest absolute Gasteiger partial charge is 0.356 e. The van der Waals surface area contributed by atoms with E-state index in [0.29, 0.717) is 10.7 Å². The van der Waals surface area contributed by atoms with E-state index in [0.717, 1.165) is 34.5 Å². The van der Waals surface area contributed by atoms with Crippen LogP contribution >= 0.6 is 22.7 Å². The Morgan fingerprint density at radius 1 is 1.28 bits per heavy atom. The van der Waals surface area contributed by atoms with E-state index in [1.54, 1.807) is 11.3 Å². The smallest absolute Gasteiger partial charge is 0.268 e. The van der Waals surface area contributed by atoms with E-state index in [-0.39, 0.29) is 5.91 Å². The summed E-state index contributed by atoms with van der Waals surface area (Å²) in [4.78, 5) is 29.6. The zero-order valence-corrected chi connectivity index (χ0v) is 15.4. The van der Waals surface area contributed by atoms with Crippen LogP contribution in [0.5, 0.6) is 0 Å². The summed E-state index contributed by atoms with van der Waals surface area (Å²) in [5, 5.41) is 5.76. The molecule has 128 valence electrons. The predicted octanol–water partition coefficient (Wildman–Crippen LogP) is 3.82. The number of rotatable bonds is 4. The maximum atomic E-state index is 12.6. The molecule has 1 aliphatic heterocycles. The van der Waals surface area contributed by atoms with Gasteiger partial charge in [-0.1, -0.05) is 6.07 Å². The normalized spacial score (nSPS) is 14.0. The first kappa shape index (κ1) is 16.2. The summed E-state index contributed by atoms with van der Waals surface area (Å²) in [6.07, 6.45) is 3.86. The molecule has 0 bridgehead atoms. The number of thiazole rings is 1. The van der Waals surface area contributed by atoms with Crippen molar-refractivity contribution in [1.29, 1.82) is 0 Å². The molecule has 4 heterocycles. The Balaban J connectivity index is 1.53. The fourth-order valence-corrected chi connectivity index (χ4v) is 4.58. The molecule has 0 atom stereocenters. The summed E-state index contributed by atoms with van der Waals surface area (Å²) < 4.78 is 0. The number of hydrogen-bond donors (Lipinski definition) is 1. The summed E-state index contributed by atoms with van der Waals surface area (Å²) >= 11 is 3.03. The molecule has 1 fully saturated rings. The standard InChI is InChI=1S/C17H17N5OS2/c1-11-15(25-17(20-11)12-5-4-8-24-12)16(23)21-13-9-14(19-10-18-13)22-6-2-3-7-22/h4-5,8-10H,2-3,6-7H2,1H3,(H,18,19,21,23). The molecule has 3 aromatic rings. The second-order valence-electron chi connectivity index (χ2n) is 5.82. The molecule has 3 aromatic heterocycles. The number of anilines is 2. The second kappa shape index (κ2) is 6.89. The van der Waals surface area contributed by atoms with Crippen molar-refractivity contribution < 1.29 is 4.79 Å². The molecule has 1 aliphatic rings. The molecule has 1 N–H and O–H groups in total. The lowest BCUT2D eigenvalue weighted by Crippen LogP contribution is -2.20. The monoisotopic (exact) mass is 371 g/mol. The van der Waals surface area contributed by atoms with Crippen LogP contribution in [0.2, 0.25) is 0 Å². The highest BCUT2D eigenvalue weighted by atomic mass is 32.1. The summed E-state index contributed by atoms with van der Waals surface area (Å²) in [7, 11) is 0. The number of carbonyl (C=O) groups is 1. The topological polar surface area (TPSA) is 71.0 Å². The molecular weight excluding hydrogens is 354 g/mol. The quantitative estimate of drug-likeness (QED) is 0.755. The van der Waals surface area contributed by atoms with E-state index in [9.17, 15) is 4.79 Å². The van der Waals surface area contributed by atoms with E-state index in [4.69, 9.17) is 0 Å². The fraction of sp³-hybridized carbons (Fsp3) is 0.294. The van der Waals surface area contributed by atoms with Gasteiger partial charge in [-0.3, -0.25) is 4.79 Å². The van der Waals surface area contributed by atoms with Crippen LogP contribution in [0.1, 0.15) is 28.2 Å². The lowest BCUT2D eigenvalue weighted by atomic mass is 10.3. The van der Waals surface area contributed by atoms with Crippen molar-refractivity contribution in [2.75, 3.05) is 23.3 Å². The van der Waals surface area contributed by atoms with Gasteiger partial charge in [0.1, 0.15) is 27.8 Å². The summed E-state index contributed by atoms with van der Waals surface area (Å²) in [5.41, 5.74) is 0.736. The van der Waals surface area contributed by atoms with Gasteiger partial charge in [0.15, 0.2) is 0 Å². The number of carbonyl (C=O) groups excluding carboxylic acids is 1. The molecule has 0 aromatic carbocycles. The summed E-state index contributed by atoms with van der Waals surface area (Å²) in [5.74, 6) is 1.21. The first-order chi connectivity index (χ1) is 12.2. The van der Waals surface area contributed by atoms with E-state index < -0.39 is 0 Å². The van der Waals surface area contributed by atoms with Gasteiger partial charge in [-0.25, -0.2) is 15.0 Å². The highest BCUT2D eigenvalue weighted by Crippen LogP contribution is 2.31. The van der Waals surface area contributed by atoms with Crippen LogP contribution in [0.4, 0.5) is 11.6 Å². The number of amides is 1. The van der Waals surface area contributed by atoms with E-state index in [2.05, 4.69) is 25.2 Å². The van der Waals surface area contributed by atoms with Crippen LogP contribution in [0, 0.1) is 6.92 Å². The Hall–Kier alpha value is -2.32. The van der Waals surface area contributed by atoms with Crippen molar-refractivity contribution in [3.63, 3.8) is 0 Å². The number of nitrogens with zero attached hydrogens (tertiary/aromatic N) is 4. The maximum Gasteiger partial charge on any atom is 0.268 e. The van der Waals surface area contributed by atoms with Gasteiger partial charge in [0, 0.05) is 19.2 Å². The SMILES string of the molecule is Cc1nc(-c2cccs2)sc1C(=O)Nc1cc(N2CCCC2)ncn1. The third kappa shape index (κ3) is 3.40. The molecular formula is C17H17N5OS2. The first-order valence-corrected chi connectivity index (χ1v) is 9.80. The van der Waals surface area contributed by atoms with Crippen molar-refractivity contribution in [3.8, 4) is 9.88 Å². The Morgan fingerprint density at radius 3 is 2.88 bits per heavy atom. The number of nitrogens with one attached hydrogen (secondary N) is 1. The Morgan fingerprint density at radius 2 is 2.12 bits per heavy atom. The summed E-state index contributed by atoms with van der Waals surface area (Å²) in [6.45, 7) is 3.86. The molecule has 8 heteroatoms. The van der Waals surface area contributed by atoms with Crippen LogP contribution in [0.15, 0.2) is 29.9 Å². The maximum absolute atomic E-state index is 12.6. The molecule has 25 heavy (non-hydrogen) atoms. The van der Waals surface area contributed by atoms with Gasteiger partial charge in [-0.2, -0.15) is 0 Å². The third-order valence-electron chi connectivity index (χ3n) is 4.06. The minimum atomic E-state index is -0.177. The van der Waals surface area contributed by atoms with E-state index in [1.807, 2.05) is 30.5 Å². The number of aromatic nitrogens is 3. The zero-order chi connectivity index (χ0) is 17.2. The van der Waals surface area contributed by atoms with Gasteiger partial charge in [0.05, 0.1) is 10.6 Å². The van der Waals surface area contributed by atoms with E-state index in [1.165, 1.54) is 30.5 Å². The van der Waals surface area contributed by atoms with Crippen LogP contribution in [-0.4, -0.2) is 33.9 Å². The highest BCUT2D eigenvalue weighted by Gasteiger charge is 2.19. The van der Waals surface area contributed by atoms with Gasteiger partial charge in [0.25, 0.3) is 5.91 Å². The molecule has 0 spiro atoms. The minimum absolute atomic E-state index is 0.177. The lowest BCUT2D eigenvalue weighted by Gasteiger charge is -2.16. The predicted molar refractivity (Wildman–Crippen MR) is 102 cm³/mol. The average Bonchev–Trinajstić information content (AvgIpc) is 3.36. The third-order valence-corrected chi connectivity index (χ3v) is 6.25. The van der Waals surface area contributed by atoms with Gasteiger partial charge in [-0.05, 0) is 31.2 Å². The Labute approximate surface area is 153 Å². The summed E-state index contributed by atoms with van der Waals surface area (Å²) in [6, 6.07) is 5.83. The van der Waals surface area contributed by atoms with Crippen LogP contribution in [-0.2, 0) is 0 Å². The van der Waals surface area contributed by atoms with Crippen molar-refractivity contribution in [3.05, 3.63) is 40.5 Å². The van der Waals surface area contributed by atoms with Crippen LogP contribution in [0.3, 0.4) is 0 Å². The zero-order valence-electron chi connectivity index (χ0n) is 13.7. The number of aryl methyl sites for hydroxylation is 1. The lowest BCUT2D eigenvalue weighted by molar-refractivity contribution is 0.102. The molecule has 1 saturated heterocycles. The highest BCUT2D eigenvalue weighted by molar-refractivity contribution is 7.22. The van der Waals surface area contributed by atoms with Crippen LogP contribution in [0.25, 0.3) is 9.88 Å². The molecule has 0 unspecified atom stereocenters. The molecule has 0 saturated carbocycles. The second-order valence-corrected chi connectivity index (χ2v) is 7.77. The molecule has 0 radical (unpaired) electrons. The van der Waals surface area contributed by atoms with Crippen LogP contribution < -0.4 is 10.2 Å². The molecule has 0 aliphatic carbocycles. The fourth-order valence-electron chi connectivity index (χ4n) is 2.82. The first-order valence-electron chi connectivity index (χ1n) is 8.10.